The van der Waals surface area contributed by atoms with E-state index in [1.807, 2.05) is 6.92 Å². The summed E-state index contributed by atoms with van der Waals surface area (Å²) in [4.78, 5) is 41.2. The molecule has 1 atom stereocenters. The number of rotatable bonds is 7. The standard InChI is InChI=1S/C27H29N3O7S/c1-18-6-10-22(11-7-18)28-38(34,35)24-17-21(9-8-19(24)2)27(33)37-20(3)25(31)29-12-14-30(15-13-29)26(32)23-5-4-16-36-23/h4-11,16-17,20,28H,12-15H2,1-3H3. The summed E-state index contributed by atoms with van der Waals surface area (Å²) in [7, 11) is -3.98. The van der Waals surface area contributed by atoms with Gasteiger partial charge in [0.05, 0.1) is 16.7 Å². The molecule has 0 saturated carbocycles. The molecule has 200 valence electrons. The highest BCUT2D eigenvalue weighted by molar-refractivity contribution is 7.92. The largest absolute Gasteiger partial charge is 0.459 e. The Labute approximate surface area is 221 Å². The van der Waals surface area contributed by atoms with Crippen molar-refractivity contribution in [2.75, 3.05) is 30.9 Å². The molecular formula is C27H29N3O7S. The molecule has 4 rings (SSSR count). The Morgan fingerprint density at radius 2 is 1.61 bits per heavy atom. The fraction of sp³-hybridized carbons (Fsp3) is 0.296. The summed E-state index contributed by atoms with van der Waals surface area (Å²) >= 11 is 0. The van der Waals surface area contributed by atoms with Crippen molar-refractivity contribution < 1.29 is 32.0 Å². The molecular weight excluding hydrogens is 510 g/mol. The molecule has 1 aliphatic heterocycles. The molecule has 0 spiro atoms. The third kappa shape index (κ3) is 6.05. The van der Waals surface area contributed by atoms with Crippen LogP contribution in [0.5, 0.6) is 0 Å². The van der Waals surface area contributed by atoms with Crippen molar-refractivity contribution in [3.05, 3.63) is 83.3 Å². The monoisotopic (exact) mass is 539 g/mol. The Balaban J connectivity index is 1.38. The van der Waals surface area contributed by atoms with Crippen LogP contribution in [-0.2, 0) is 19.6 Å². The average molecular weight is 540 g/mol. The highest BCUT2D eigenvalue weighted by atomic mass is 32.2. The maximum absolute atomic E-state index is 13.0. The molecule has 0 bridgehead atoms. The molecule has 0 radical (unpaired) electrons. The number of carbonyl (C=O) groups excluding carboxylic acids is 3. The summed E-state index contributed by atoms with van der Waals surface area (Å²) in [5, 5.41) is 0. The highest BCUT2D eigenvalue weighted by Crippen LogP contribution is 2.22. The number of carbonyl (C=O) groups is 3. The molecule has 11 heteroatoms. The highest BCUT2D eigenvalue weighted by Gasteiger charge is 2.30. The summed E-state index contributed by atoms with van der Waals surface area (Å²) in [6.07, 6.45) is 0.331. The summed E-state index contributed by atoms with van der Waals surface area (Å²) in [5.41, 5.74) is 1.84. The van der Waals surface area contributed by atoms with Gasteiger partial charge in [0.2, 0.25) is 0 Å². The minimum Gasteiger partial charge on any atom is -0.459 e. The third-order valence-electron chi connectivity index (χ3n) is 6.26. The lowest BCUT2D eigenvalue weighted by Crippen LogP contribution is -2.53. The molecule has 3 aromatic rings. The molecule has 10 nitrogen and oxygen atoms in total. The predicted octanol–water partition coefficient (Wildman–Crippen LogP) is 3.23. The van der Waals surface area contributed by atoms with Gasteiger partial charge in [-0.1, -0.05) is 23.8 Å². The zero-order chi connectivity index (χ0) is 27.4. The Hall–Kier alpha value is -4.12. The number of anilines is 1. The summed E-state index contributed by atoms with van der Waals surface area (Å²) in [5.74, 6) is -1.22. The molecule has 0 aliphatic carbocycles. The maximum Gasteiger partial charge on any atom is 0.338 e. The Morgan fingerprint density at radius 1 is 0.947 bits per heavy atom. The predicted molar refractivity (Wildman–Crippen MR) is 139 cm³/mol. The van der Waals surface area contributed by atoms with Gasteiger partial charge in [0, 0.05) is 31.9 Å². The number of amides is 2. The van der Waals surface area contributed by atoms with Crippen LogP contribution >= 0.6 is 0 Å². The van der Waals surface area contributed by atoms with Crippen LogP contribution in [0.15, 0.2) is 70.2 Å². The van der Waals surface area contributed by atoms with E-state index in [1.165, 1.54) is 36.3 Å². The minimum absolute atomic E-state index is 0.00777. The van der Waals surface area contributed by atoms with E-state index in [0.29, 0.717) is 24.3 Å². The molecule has 2 heterocycles. The molecule has 1 aliphatic rings. The molecule has 2 amide bonds. The van der Waals surface area contributed by atoms with Crippen molar-refractivity contribution >= 4 is 33.5 Å². The van der Waals surface area contributed by atoms with Gasteiger partial charge >= 0.3 is 5.97 Å². The molecule has 1 aromatic heterocycles. The van der Waals surface area contributed by atoms with Crippen LogP contribution in [0.2, 0.25) is 0 Å². The lowest BCUT2D eigenvalue weighted by molar-refractivity contribution is -0.141. The van der Waals surface area contributed by atoms with Gasteiger partial charge < -0.3 is 19.0 Å². The molecule has 1 unspecified atom stereocenters. The number of nitrogens with one attached hydrogen (secondary N) is 1. The zero-order valence-corrected chi connectivity index (χ0v) is 22.2. The maximum atomic E-state index is 13.0. The van der Waals surface area contributed by atoms with Crippen molar-refractivity contribution in [1.82, 2.24) is 9.80 Å². The Morgan fingerprint density at radius 3 is 2.24 bits per heavy atom. The summed E-state index contributed by atoms with van der Waals surface area (Å²) in [6.45, 7) is 6.19. The number of piperazine rings is 1. The van der Waals surface area contributed by atoms with Gasteiger partial charge in [0.25, 0.3) is 21.8 Å². The number of sulfonamides is 1. The van der Waals surface area contributed by atoms with Crippen LogP contribution < -0.4 is 4.72 Å². The fourth-order valence-electron chi connectivity index (χ4n) is 4.07. The first-order valence-electron chi connectivity index (χ1n) is 12.1. The van der Waals surface area contributed by atoms with Crippen molar-refractivity contribution in [2.24, 2.45) is 0 Å². The van der Waals surface area contributed by atoms with Crippen molar-refractivity contribution in [3.8, 4) is 0 Å². The van der Waals surface area contributed by atoms with Gasteiger partial charge in [-0.25, -0.2) is 13.2 Å². The van der Waals surface area contributed by atoms with Gasteiger partial charge in [-0.05, 0) is 62.7 Å². The molecule has 38 heavy (non-hydrogen) atoms. The quantitative estimate of drug-likeness (QED) is 0.457. The first-order valence-corrected chi connectivity index (χ1v) is 13.6. The average Bonchev–Trinajstić information content (AvgIpc) is 3.44. The van der Waals surface area contributed by atoms with Gasteiger partial charge in [0.15, 0.2) is 11.9 Å². The van der Waals surface area contributed by atoms with E-state index in [1.54, 1.807) is 48.2 Å². The van der Waals surface area contributed by atoms with Gasteiger partial charge in [-0.3, -0.25) is 14.3 Å². The topological polar surface area (TPSA) is 126 Å². The van der Waals surface area contributed by atoms with E-state index in [0.717, 1.165) is 5.56 Å². The van der Waals surface area contributed by atoms with E-state index in [9.17, 15) is 22.8 Å². The molecule has 1 N–H and O–H groups in total. The first kappa shape index (κ1) is 26.9. The Kier molecular flexibility index (Phi) is 7.86. The lowest BCUT2D eigenvalue weighted by atomic mass is 10.1. The number of benzene rings is 2. The number of nitrogens with zero attached hydrogens (tertiary/aromatic N) is 2. The van der Waals surface area contributed by atoms with Crippen LogP contribution in [0.3, 0.4) is 0 Å². The summed E-state index contributed by atoms with van der Waals surface area (Å²) < 4.78 is 39.1. The van der Waals surface area contributed by atoms with E-state index in [2.05, 4.69) is 4.72 Å². The van der Waals surface area contributed by atoms with E-state index < -0.39 is 28.0 Å². The molecule has 2 aromatic carbocycles. The van der Waals surface area contributed by atoms with Gasteiger partial charge in [-0.2, -0.15) is 0 Å². The fourth-order valence-corrected chi connectivity index (χ4v) is 5.40. The second-order valence-electron chi connectivity index (χ2n) is 9.09. The van der Waals surface area contributed by atoms with Crippen molar-refractivity contribution in [2.45, 2.75) is 31.8 Å². The molecule has 1 saturated heterocycles. The number of aryl methyl sites for hydroxylation is 2. The number of hydrogen-bond donors (Lipinski definition) is 1. The van der Waals surface area contributed by atoms with E-state index in [4.69, 9.17) is 9.15 Å². The minimum atomic E-state index is -3.98. The number of furan rings is 1. The number of ether oxygens (including phenoxy) is 1. The lowest BCUT2D eigenvalue weighted by Gasteiger charge is -2.35. The molecule has 1 fully saturated rings. The van der Waals surface area contributed by atoms with Crippen molar-refractivity contribution in [3.63, 3.8) is 0 Å². The SMILES string of the molecule is Cc1ccc(NS(=O)(=O)c2cc(C(=O)OC(C)C(=O)N3CCN(C(=O)c4ccco4)CC3)ccc2C)cc1. The second-order valence-corrected chi connectivity index (χ2v) is 10.7. The van der Waals surface area contributed by atoms with Crippen LogP contribution in [0, 0.1) is 13.8 Å². The van der Waals surface area contributed by atoms with Crippen LogP contribution in [0.1, 0.15) is 39.0 Å². The number of esters is 1. The second kappa shape index (κ2) is 11.1. The van der Waals surface area contributed by atoms with Crippen molar-refractivity contribution in [1.29, 1.82) is 0 Å². The van der Waals surface area contributed by atoms with E-state index >= 15 is 0 Å². The van der Waals surface area contributed by atoms with Gasteiger partial charge in [0.1, 0.15) is 0 Å². The third-order valence-corrected chi connectivity index (χ3v) is 7.78. The number of hydrogen-bond acceptors (Lipinski definition) is 7. The van der Waals surface area contributed by atoms with Crippen LogP contribution in [0.4, 0.5) is 5.69 Å². The van der Waals surface area contributed by atoms with E-state index in [-0.39, 0.29) is 35.2 Å². The normalized spacial score (nSPS) is 14.6. The smallest absolute Gasteiger partial charge is 0.338 e. The zero-order valence-electron chi connectivity index (χ0n) is 21.3. The van der Waals surface area contributed by atoms with Crippen LogP contribution in [0.25, 0.3) is 0 Å². The van der Waals surface area contributed by atoms with Gasteiger partial charge in [-0.15, -0.1) is 0 Å². The Bertz CT molecular complexity index is 1430. The summed E-state index contributed by atoms with van der Waals surface area (Å²) in [6, 6.07) is 14.3. The van der Waals surface area contributed by atoms with Crippen LogP contribution in [-0.4, -0.2) is 68.3 Å². The first-order chi connectivity index (χ1) is 18.0.